The van der Waals surface area contributed by atoms with Crippen molar-refractivity contribution in [3.63, 3.8) is 0 Å². The third kappa shape index (κ3) is 1.29. The second kappa shape index (κ2) is 2.82. The van der Waals surface area contributed by atoms with Gasteiger partial charge in [0.15, 0.2) is 0 Å². The normalized spacial score (nSPS) is 10.4. The molecule has 0 fully saturated rings. The minimum Gasteiger partial charge on any atom is -0.384 e. The molecule has 11 heavy (non-hydrogen) atoms. The average Bonchev–Trinajstić information content (AvgIpc) is 2.17. The molecule has 0 aliphatic heterocycles. The Morgan fingerprint density at radius 3 is 2.64 bits per heavy atom. The lowest BCUT2D eigenvalue weighted by Crippen LogP contribution is -2.18. The predicted molar refractivity (Wildman–Crippen MR) is 44.5 cm³/mol. The predicted octanol–water partition coefficient (Wildman–Crippen LogP) is 0.477. The third-order valence-electron chi connectivity index (χ3n) is 1.66. The zero-order chi connectivity index (χ0) is 8.43. The highest BCUT2D eigenvalue weighted by Crippen LogP contribution is 2.03. The van der Waals surface area contributed by atoms with Crippen LogP contribution in [0.15, 0.2) is 4.79 Å². The van der Waals surface area contributed by atoms with E-state index in [0.717, 1.165) is 12.1 Å². The molecule has 1 rings (SSSR count). The highest BCUT2D eigenvalue weighted by atomic mass is 16.1. The highest BCUT2D eigenvalue weighted by molar-refractivity contribution is 5.34. The number of aryl methyl sites for hydroxylation is 1. The summed E-state index contributed by atoms with van der Waals surface area (Å²) in [5, 5.41) is 0. The Kier molecular flexibility index (Phi) is 2.03. The van der Waals surface area contributed by atoms with Crippen LogP contribution in [-0.2, 0) is 6.54 Å². The third-order valence-corrected chi connectivity index (χ3v) is 1.66. The number of rotatable bonds is 2. The molecule has 0 aromatic carbocycles. The molecular formula is C7H13N3O. The first-order valence-corrected chi connectivity index (χ1v) is 3.71. The van der Waals surface area contributed by atoms with Crippen LogP contribution in [0.4, 0.5) is 5.82 Å². The molecule has 1 aromatic heterocycles. The van der Waals surface area contributed by atoms with Crippen LogP contribution < -0.4 is 11.4 Å². The molecule has 0 saturated carbocycles. The molecule has 62 valence electrons. The number of imidazole rings is 1. The summed E-state index contributed by atoms with van der Waals surface area (Å²) in [5.41, 5.74) is 6.26. The molecule has 4 nitrogen and oxygen atoms in total. The van der Waals surface area contributed by atoms with E-state index in [1.165, 1.54) is 0 Å². The van der Waals surface area contributed by atoms with E-state index >= 15 is 0 Å². The van der Waals surface area contributed by atoms with Crippen molar-refractivity contribution in [2.75, 3.05) is 5.73 Å². The molecule has 1 heterocycles. The molecule has 0 spiro atoms. The van der Waals surface area contributed by atoms with Crippen molar-refractivity contribution >= 4 is 5.82 Å². The molecule has 0 bridgehead atoms. The first kappa shape index (κ1) is 7.91. The van der Waals surface area contributed by atoms with Crippen LogP contribution >= 0.6 is 0 Å². The molecule has 0 aliphatic rings. The van der Waals surface area contributed by atoms with Gasteiger partial charge in [0.05, 0.1) is 5.69 Å². The first-order chi connectivity index (χ1) is 5.16. The molecular weight excluding hydrogens is 142 g/mol. The largest absolute Gasteiger partial charge is 0.384 e. The van der Waals surface area contributed by atoms with Gasteiger partial charge >= 0.3 is 5.69 Å². The minimum absolute atomic E-state index is 0.109. The summed E-state index contributed by atoms with van der Waals surface area (Å²) >= 11 is 0. The molecule has 4 heteroatoms. The van der Waals surface area contributed by atoms with Gasteiger partial charge in [-0.2, -0.15) is 0 Å². The van der Waals surface area contributed by atoms with Gasteiger partial charge in [0.2, 0.25) is 0 Å². The molecule has 0 saturated heterocycles. The van der Waals surface area contributed by atoms with E-state index in [2.05, 4.69) is 4.98 Å². The number of aromatic amines is 1. The van der Waals surface area contributed by atoms with E-state index in [1.807, 2.05) is 6.92 Å². The number of nitrogens with zero attached hydrogens (tertiary/aromatic N) is 1. The molecule has 0 aliphatic carbocycles. The van der Waals surface area contributed by atoms with Crippen LogP contribution in [0.3, 0.4) is 0 Å². The van der Waals surface area contributed by atoms with Crippen molar-refractivity contribution in [1.82, 2.24) is 9.55 Å². The molecule has 0 amide bonds. The summed E-state index contributed by atoms with van der Waals surface area (Å²) < 4.78 is 1.55. The lowest BCUT2D eigenvalue weighted by molar-refractivity contribution is 0.664. The van der Waals surface area contributed by atoms with Gasteiger partial charge in [0.1, 0.15) is 5.82 Å². The minimum atomic E-state index is -0.109. The van der Waals surface area contributed by atoms with Crippen molar-refractivity contribution in [1.29, 1.82) is 0 Å². The smallest absolute Gasteiger partial charge is 0.327 e. The summed E-state index contributed by atoms with van der Waals surface area (Å²) in [6.45, 7) is 4.49. The average molecular weight is 155 g/mol. The summed E-state index contributed by atoms with van der Waals surface area (Å²) in [4.78, 5) is 13.7. The van der Waals surface area contributed by atoms with E-state index in [-0.39, 0.29) is 5.69 Å². The summed E-state index contributed by atoms with van der Waals surface area (Å²) in [6.07, 6.45) is 0.918. The summed E-state index contributed by atoms with van der Waals surface area (Å²) in [5.74, 6) is 0.553. The molecule has 0 unspecified atom stereocenters. The maximum absolute atomic E-state index is 11.1. The topological polar surface area (TPSA) is 63.8 Å². The second-order valence-electron chi connectivity index (χ2n) is 2.59. The van der Waals surface area contributed by atoms with Gasteiger partial charge in [0.25, 0.3) is 0 Å². The maximum Gasteiger partial charge on any atom is 0.327 e. The monoisotopic (exact) mass is 155 g/mol. The second-order valence-corrected chi connectivity index (χ2v) is 2.59. The van der Waals surface area contributed by atoms with Crippen molar-refractivity contribution in [2.24, 2.45) is 0 Å². The zero-order valence-electron chi connectivity index (χ0n) is 6.85. The van der Waals surface area contributed by atoms with E-state index in [4.69, 9.17) is 5.73 Å². The van der Waals surface area contributed by atoms with Gasteiger partial charge in [-0.3, -0.25) is 4.57 Å². The van der Waals surface area contributed by atoms with Crippen molar-refractivity contribution in [2.45, 2.75) is 26.8 Å². The molecule has 0 radical (unpaired) electrons. The Morgan fingerprint density at radius 1 is 1.64 bits per heavy atom. The van der Waals surface area contributed by atoms with E-state index in [1.54, 1.807) is 11.5 Å². The molecule has 3 N–H and O–H groups in total. The van der Waals surface area contributed by atoms with Crippen LogP contribution in [0.2, 0.25) is 0 Å². The van der Waals surface area contributed by atoms with Crippen LogP contribution in [0.25, 0.3) is 0 Å². The van der Waals surface area contributed by atoms with E-state index in [9.17, 15) is 4.79 Å². The Bertz CT molecular complexity index is 297. The Labute approximate surface area is 65.0 Å². The number of anilines is 1. The van der Waals surface area contributed by atoms with Gasteiger partial charge in [-0.25, -0.2) is 4.79 Å². The van der Waals surface area contributed by atoms with Crippen LogP contribution in [0.5, 0.6) is 0 Å². The van der Waals surface area contributed by atoms with Crippen molar-refractivity contribution < 1.29 is 0 Å². The van der Waals surface area contributed by atoms with Gasteiger partial charge in [0, 0.05) is 6.54 Å². The quantitative estimate of drug-likeness (QED) is 0.652. The number of nitrogens with one attached hydrogen (secondary N) is 1. The number of hydrogen-bond donors (Lipinski definition) is 2. The lowest BCUT2D eigenvalue weighted by atomic mass is 10.4. The fraction of sp³-hybridized carbons (Fsp3) is 0.571. The Balaban J connectivity index is 3.12. The van der Waals surface area contributed by atoms with Gasteiger partial charge in [-0.1, -0.05) is 6.92 Å². The van der Waals surface area contributed by atoms with Gasteiger partial charge in [-0.05, 0) is 13.3 Å². The number of hydrogen-bond acceptors (Lipinski definition) is 2. The van der Waals surface area contributed by atoms with Crippen LogP contribution in [0.1, 0.15) is 19.0 Å². The zero-order valence-corrected chi connectivity index (χ0v) is 6.85. The van der Waals surface area contributed by atoms with Crippen LogP contribution in [0, 0.1) is 6.92 Å². The number of H-pyrrole nitrogens is 1. The number of nitrogen functional groups attached to an aromatic ring is 1. The van der Waals surface area contributed by atoms with Crippen molar-refractivity contribution in [3.05, 3.63) is 16.2 Å². The summed E-state index contributed by atoms with van der Waals surface area (Å²) in [6, 6.07) is 0. The van der Waals surface area contributed by atoms with E-state index in [0.29, 0.717) is 12.4 Å². The first-order valence-electron chi connectivity index (χ1n) is 3.71. The van der Waals surface area contributed by atoms with Crippen LogP contribution in [-0.4, -0.2) is 9.55 Å². The fourth-order valence-electron chi connectivity index (χ4n) is 1.05. The van der Waals surface area contributed by atoms with Gasteiger partial charge < -0.3 is 10.7 Å². The summed E-state index contributed by atoms with van der Waals surface area (Å²) in [7, 11) is 0. The Hall–Kier alpha value is -1.19. The lowest BCUT2D eigenvalue weighted by Gasteiger charge is -1.99. The van der Waals surface area contributed by atoms with Crippen molar-refractivity contribution in [3.8, 4) is 0 Å². The SMILES string of the molecule is CCCn1c(N)c(C)[nH]c1=O. The molecule has 0 atom stereocenters. The molecule has 1 aromatic rings. The van der Waals surface area contributed by atoms with Gasteiger partial charge in [-0.15, -0.1) is 0 Å². The fourth-order valence-corrected chi connectivity index (χ4v) is 1.05. The van der Waals surface area contributed by atoms with E-state index < -0.39 is 0 Å². The Morgan fingerprint density at radius 2 is 2.27 bits per heavy atom. The standard InChI is InChI=1S/C7H13N3O/c1-3-4-10-6(8)5(2)9-7(10)11/h3-4,8H2,1-2H3,(H,9,11). The maximum atomic E-state index is 11.1. The number of aromatic nitrogens is 2. The number of nitrogens with two attached hydrogens (primary N) is 1. The highest BCUT2D eigenvalue weighted by Gasteiger charge is 2.04.